The number of benzene rings is 1. The van der Waals surface area contributed by atoms with Crippen LogP contribution in [0.4, 0.5) is 4.79 Å². The fourth-order valence-electron chi connectivity index (χ4n) is 3.38. The molecule has 0 aromatic heterocycles. The number of rotatable bonds is 10. The molecule has 1 aromatic rings. The predicted molar refractivity (Wildman–Crippen MR) is 139 cm³/mol. The van der Waals surface area contributed by atoms with Gasteiger partial charge in [-0.2, -0.15) is 12.6 Å². The summed E-state index contributed by atoms with van der Waals surface area (Å²) >= 11 is 4.24. The number of thiol groups is 1. The van der Waals surface area contributed by atoms with Crippen LogP contribution in [0.1, 0.15) is 66.5 Å². The van der Waals surface area contributed by atoms with Gasteiger partial charge in [-0.3, -0.25) is 14.4 Å². The number of aromatic hydroxyl groups is 1. The number of carbonyl (C=O) groups is 4. The summed E-state index contributed by atoms with van der Waals surface area (Å²) in [6.07, 6.45) is -0.863. The molecule has 1 aromatic carbocycles. The maximum atomic E-state index is 13.8. The standard InChI is InChI=1S/C25H39N3O7S/c1-8-34-19(30)13-14-26-21(31)20(16-11-9-10-12-18(16)29)28(24(2,3)4)22(32)17(15-36)27-23(33)35-25(5,6)7/h9-12,17,20,29,36H,8,13-15H2,1-7H3,(H,26,31)(H,27,33). The molecule has 1 rings (SSSR count). The molecule has 0 aliphatic carbocycles. The Morgan fingerprint density at radius 3 is 2.19 bits per heavy atom. The average molecular weight is 526 g/mol. The van der Waals surface area contributed by atoms with Gasteiger partial charge in [0.25, 0.3) is 0 Å². The van der Waals surface area contributed by atoms with Crippen LogP contribution in [0.5, 0.6) is 5.75 Å². The Balaban J connectivity index is 3.38. The minimum Gasteiger partial charge on any atom is -0.508 e. The summed E-state index contributed by atoms with van der Waals surface area (Å²) in [5.74, 6) is -1.94. The molecule has 11 heteroatoms. The summed E-state index contributed by atoms with van der Waals surface area (Å²) in [7, 11) is 0. The highest BCUT2D eigenvalue weighted by Gasteiger charge is 2.42. The second-order valence-electron chi connectivity index (χ2n) is 10.1. The quantitative estimate of drug-likeness (QED) is 0.273. The minimum atomic E-state index is -1.27. The minimum absolute atomic E-state index is 0.0277. The van der Waals surface area contributed by atoms with E-state index in [0.717, 1.165) is 0 Å². The van der Waals surface area contributed by atoms with Crippen LogP contribution in [0, 0.1) is 0 Å². The molecule has 2 atom stereocenters. The molecule has 0 saturated heterocycles. The molecule has 3 amide bonds. The molecular weight excluding hydrogens is 486 g/mol. The molecule has 36 heavy (non-hydrogen) atoms. The van der Waals surface area contributed by atoms with Gasteiger partial charge in [0.1, 0.15) is 23.4 Å². The Morgan fingerprint density at radius 2 is 1.69 bits per heavy atom. The van der Waals surface area contributed by atoms with E-state index in [1.165, 1.54) is 17.0 Å². The molecule has 0 bridgehead atoms. The van der Waals surface area contributed by atoms with Gasteiger partial charge < -0.3 is 30.1 Å². The van der Waals surface area contributed by atoms with Crippen LogP contribution in [-0.2, 0) is 23.9 Å². The van der Waals surface area contributed by atoms with E-state index in [1.54, 1.807) is 60.6 Å². The third-order valence-corrected chi connectivity index (χ3v) is 5.17. The lowest BCUT2D eigenvalue weighted by atomic mass is 9.95. The van der Waals surface area contributed by atoms with E-state index in [-0.39, 0.29) is 36.6 Å². The normalized spacial score (nSPS) is 13.2. The highest BCUT2D eigenvalue weighted by Crippen LogP contribution is 2.34. The van der Waals surface area contributed by atoms with Crippen molar-refractivity contribution in [2.75, 3.05) is 18.9 Å². The van der Waals surface area contributed by atoms with Crippen molar-refractivity contribution in [1.29, 1.82) is 0 Å². The summed E-state index contributed by atoms with van der Waals surface area (Å²) in [6, 6.07) is 3.78. The van der Waals surface area contributed by atoms with Crippen LogP contribution in [0.25, 0.3) is 0 Å². The lowest BCUT2D eigenvalue weighted by Gasteiger charge is -2.43. The number of ether oxygens (including phenoxy) is 2. The molecule has 202 valence electrons. The monoisotopic (exact) mass is 525 g/mol. The second-order valence-corrected chi connectivity index (χ2v) is 10.4. The first-order valence-electron chi connectivity index (χ1n) is 11.8. The van der Waals surface area contributed by atoms with Crippen molar-refractivity contribution >= 4 is 36.5 Å². The highest BCUT2D eigenvalue weighted by atomic mass is 32.1. The third-order valence-electron chi connectivity index (χ3n) is 4.80. The zero-order valence-corrected chi connectivity index (χ0v) is 23.0. The third kappa shape index (κ3) is 9.60. The van der Waals surface area contributed by atoms with Gasteiger partial charge in [0.2, 0.25) is 11.8 Å². The van der Waals surface area contributed by atoms with Gasteiger partial charge in [0.05, 0.1) is 13.0 Å². The van der Waals surface area contributed by atoms with Gasteiger partial charge in [-0.05, 0) is 54.5 Å². The lowest BCUT2D eigenvalue weighted by molar-refractivity contribution is -0.148. The van der Waals surface area contributed by atoms with E-state index >= 15 is 0 Å². The van der Waals surface area contributed by atoms with Gasteiger partial charge in [0, 0.05) is 23.4 Å². The van der Waals surface area contributed by atoms with Gasteiger partial charge in [-0.15, -0.1) is 0 Å². The van der Waals surface area contributed by atoms with Crippen LogP contribution in [-0.4, -0.2) is 70.0 Å². The second kappa shape index (κ2) is 13.4. The SMILES string of the molecule is CCOC(=O)CCNC(=O)C(c1ccccc1O)N(C(=O)C(CS)NC(=O)OC(C)(C)C)C(C)(C)C. The summed E-state index contributed by atoms with van der Waals surface area (Å²) in [4.78, 5) is 52.6. The number of nitrogens with zero attached hydrogens (tertiary/aromatic N) is 1. The van der Waals surface area contributed by atoms with Crippen molar-refractivity contribution in [3.63, 3.8) is 0 Å². The van der Waals surface area contributed by atoms with Crippen LogP contribution in [0.15, 0.2) is 24.3 Å². The summed E-state index contributed by atoms with van der Waals surface area (Å²) in [5.41, 5.74) is -1.53. The lowest BCUT2D eigenvalue weighted by Crippen LogP contribution is -2.59. The molecule has 0 spiro atoms. The maximum Gasteiger partial charge on any atom is 0.408 e. The number of amides is 3. The topological polar surface area (TPSA) is 134 Å². The summed E-state index contributed by atoms with van der Waals surface area (Å²) in [6.45, 7) is 12.1. The highest BCUT2D eigenvalue weighted by molar-refractivity contribution is 7.80. The zero-order valence-electron chi connectivity index (χ0n) is 22.1. The number of hydrogen-bond donors (Lipinski definition) is 4. The fourth-order valence-corrected chi connectivity index (χ4v) is 3.63. The van der Waals surface area contributed by atoms with Crippen molar-refractivity contribution in [1.82, 2.24) is 15.5 Å². The number of phenolic OH excluding ortho intramolecular Hbond substituents is 1. The Labute approximate surface area is 218 Å². The molecule has 0 radical (unpaired) electrons. The molecule has 10 nitrogen and oxygen atoms in total. The van der Waals surface area contributed by atoms with Gasteiger partial charge in [-0.25, -0.2) is 4.79 Å². The molecule has 0 saturated carbocycles. The van der Waals surface area contributed by atoms with Crippen molar-refractivity contribution < 1.29 is 33.8 Å². The van der Waals surface area contributed by atoms with Crippen molar-refractivity contribution in [2.24, 2.45) is 0 Å². The van der Waals surface area contributed by atoms with Crippen LogP contribution in [0.2, 0.25) is 0 Å². The zero-order chi connectivity index (χ0) is 27.7. The smallest absolute Gasteiger partial charge is 0.408 e. The molecule has 0 heterocycles. The molecule has 2 unspecified atom stereocenters. The van der Waals surface area contributed by atoms with E-state index in [4.69, 9.17) is 9.47 Å². The van der Waals surface area contributed by atoms with Gasteiger partial charge in [0.15, 0.2) is 0 Å². The van der Waals surface area contributed by atoms with Gasteiger partial charge in [-0.1, -0.05) is 18.2 Å². The number of alkyl carbamates (subject to hydrolysis) is 1. The van der Waals surface area contributed by atoms with Crippen LogP contribution < -0.4 is 10.6 Å². The van der Waals surface area contributed by atoms with Gasteiger partial charge >= 0.3 is 12.1 Å². The summed E-state index contributed by atoms with van der Waals surface area (Å²) in [5, 5.41) is 15.8. The number of esters is 1. The fraction of sp³-hybridized carbons (Fsp3) is 0.600. The number of hydrogen-bond acceptors (Lipinski definition) is 8. The maximum absolute atomic E-state index is 13.8. The molecule has 0 fully saturated rings. The molecule has 0 aliphatic heterocycles. The van der Waals surface area contributed by atoms with E-state index < -0.39 is 47.1 Å². The first-order valence-corrected chi connectivity index (χ1v) is 12.4. The number of carbonyl (C=O) groups excluding carboxylic acids is 4. The number of para-hydroxylation sites is 1. The first kappa shape index (κ1) is 31.1. The van der Waals surface area contributed by atoms with E-state index in [0.29, 0.717) is 0 Å². The Hall–Kier alpha value is -2.95. The molecule has 0 aliphatic rings. The largest absolute Gasteiger partial charge is 0.508 e. The molecule has 3 N–H and O–H groups in total. The number of nitrogens with one attached hydrogen (secondary N) is 2. The predicted octanol–water partition coefficient (Wildman–Crippen LogP) is 2.95. The van der Waals surface area contributed by atoms with Crippen LogP contribution in [0.3, 0.4) is 0 Å². The molecular formula is C25H39N3O7S. The first-order chi connectivity index (χ1) is 16.6. The Kier molecular flexibility index (Phi) is 11.6. The average Bonchev–Trinajstić information content (AvgIpc) is 2.74. The van der Waals surface area contributed by atoms with Crippen LogP contribution >= 0.6 is 12.6 Å². The van der Waals surface area contributed by atoms with E-state index in [1.807, 2.05) is 0 Å². The van der Waals surface area contributed by atoms with E-state index in [2.05, 4.69) is 23.3 Å². The Morgan fingerprint density at radius 1 is 1.08 bits per heavy atom. The number of phenols is 1. The van der Waals surface area contributed by atoms with Crippen molar-refractivity contribution in [3.05, 3.63) is 29.8 Å². The summed E-state index contributed by atoms with van der Waals surface area (Å²) < 4.78 is 10.2. The van der Waals surface area contributed by atoms with Crippen molar-refractivity contribution in [3.8, 4) is 5.75 Å². The Bertz CT molecular complexity index is 925. The van der Waals surface area contributed by atoms with E-state index in [9.17, 15) is 24.3 Å². The van der Waals surface area contributed by atoms with Crippen molar-refractivity contribution in [2.45, 2.75) is 78.1 Å².